The second-order valence-electron chi connectivity index (χ2n) is 3.20. The van der Waals surface area contributed by atoms with Crippen LogP contribution in [0.4, 0.5) is 0 Å². The van der Waals surface area contributed by atoms with Crippen molar-refractivity contribution in [2.75, 3.05) is 0 Å². The van der Waals surface area contributed by atoms with Crippen molar-refractivity contribution in [2.45, 2.75) is 51.9 Å². The SMILES string of the molecule is CC[Si](CC)(CC)O[C@H](C)C=O. The number of hydrogen-bond donors (Lipinski definition) is 0. The van der Waals surface area contributed by atoms with Gasteiger partial charge in [-0.15, -0.1) is 0 Å². The molecule has 12 heavy (non-hydrogen) atoms. The van der Waals surface area contributed by atoms with Crippen LogP contribution >= 0.6 is 0 Å². The summed E-state index contributed by atoms with van der Waals surface area (Å²) in [6, 6.07) is 3.33. The lowest BCUT2D eigenvalue weighted by atomic mass is 10.5. The number of carbonyl (C=O) groups is 1. The standard InChI is InChI=1S/C9H20O2Si/c1-5-12(6-2,7-3)11-9(4)8-10/h8-9H,5-7H2,1-4H3/t9-/m1/s1. The van der Waals surface area contributed by atoms with Gasteiger partial charge in [0.25, 0.3) is 0 Å². The first-order valence-corrected chi connectivity index (χ1v) is 7.30. The van der Waals surface area contributed by atoms with Crippen molar-refractivity contribution in [3.05, 3.63) is 0 Å². The van der Waals surface area contributed by atoms with Gasteiger partial charge in [-0.3, -0.25) is 0 Å². The Morgan fingerprint density at radius 2 is 1.67 bits per heavy atom. The molecule has 0 aromatic heterocycles. The number of rotatable bonds is 6. The van der Waals surface area contributed by atoms with E-state index in [1.165, 1.54) is 0 Å². The maximum Gasteiger partial charge on any atom is 0.193 e. The summed E-state index contributed by atoms with van der Waals surface area (Å²) in [6.07, 6.45) is 0.680. The third kappa shape index (κ3) is 3.07. The van der Waals surface area contributed by atoms with Gasteiger partial charge in [0, 0.05) is 0 Å². The van der Waals surface area contributed by atoms with Crippen LogP contribution < -0.4 is 0 Å². The highest BCUT2D eigenvalue weighted by Gasteiger charge is 2.30. The van der Waals surface area contributed by atoms with Gasteiger partial charge >= 0.3 is 0 Å². The lowest BCUT2D eigenvalue weighted by molar-refractivity contribution is -0.113. The highest BCUT2D eigenvalue weighted by Crippen LogP contribution is 2.22. The lowest BCUT2D eigenvalue weighted by Gasteiger charge is -2.29. The Hall–Kier alpha value is -0.153. The molecule has 0 spiro atoms. The molecular formula is C9H20O2Si. The predicted molar refractivity (Wildman–Crippen MR) is 53.8 cm³/mol. The first-order valence-electron chi connectivity index (χ1n) is 4.77. The molecule has 0 amide bonds. The minimum atomic E-state index is -1.53. The van der Waals surface area contributed by atoms with Gasteiger partial charge in [-0.1, -0.05) is 20.8 Å². The second-order valence-corrected chi connectivity index (χ2v) is 7.93. The van der Waals surface area contributed by atoms with Gasteiger partial charge in [-0.2, -0.15) is 0 Å². The summed E-state index contributed by atoms with van der Waals surface area (Å²) in [5, 5.41) is 0. The van der Waals surface area contributed by atoms with Gasteiger partial charge < -0.3 is 9.22 Å². The van der Waals surface area contributed by atoms with Crippen LogP contribution in [0.15, 0.2) is 0 Å². The molecule has 0 unspecified atom stereocenters. The van der Waals surface area contributed by atoms with E-state index in [2.05, 4.69) is 20.8 Å². The van der Waals surface area contributed by atoms with Crippen LogP contribution in [-0.4, -0.2) is 20.7 Å². The molecule has 0 aliphatic heterocycles. The average Bonchev–Trinajstić information content (AvgIpc) is 2.14. The van der Waals surface area contributed by atoms with Crippen LogP contribution in [-0.2, 0) is 9.22 Å². The molecule has 0 saturated carbocycles. The maximum atomic E-state index is 10.4. The zero-order chi connectivity index (χ0) is 9.61. The Kier molecular flexibility index (Phi) is 5.42. The van der Waals surface area contributed by atoms with Crippen LogP contribution in [0.25, 0.3) is 0 Å². The topological polar surface area (TPSA) is 26.3 Å². The molecule has 0 aliphatic carbocycles. The van der Waals surface area contributed by atoms with Gasteiger partial charge in [0.05, 0.1) is 6.10 Å². The van der Waals surface area contributed by atoms with Gasteiger partial charge in [-0.25, -0.2) is 0 Å². The van der Waals surface area contributed by atoms with Crippen LogP contribution in [0.2, 0.25) is 18.1 Å². The number of hydrogen-bond acceptors (Lipinski definition) is 2. The molecule has 0 rings (SSSR count). The Balaban J connectivity index is 4.18. The Labute approximate surface area is 76.4 Å². The van der Waals surface area contributed by atoms with Crippen molar-refractivity contribution in [1.82, 2.24) is 0 Å². The summed E-state index contributed by atoms with van der Waals surface area (Å²) in [5.41, 5.74) is 0. The average molecular weight is 188 g/mol. The minimum Gasteiger partial charge on any atom is -0.408 e. The van der Waals surface area contributed by atoms with Gasteiger partial charge in [-0.05, 0) is 25.1 Å². The number of aldehydes is 1. The van der Waals surface area contributed by atoms with Crippen LogP contribution in [0.1, 0.15) is 27.7 Å². The lowest BCUT2D eigenvalue weighted by Crippen LogP contribution is -2.39. The molecule has 0 heterocycles. The molecule has 0 N–H and O–H groups in total. The Morgan fingerprint density at radius 1 is 1.25 bits per heavy atom. The zero-order valence-electron chi connectivity index (χ0n) is 8.59. The van der Waals surface area contributed by atoms with Gasteiger partial charge in [0.15, 0.2) is 8.32 Å². The van der Waals surface area contributed by atoms with E-state index in [1.807, 2.05) is 6.92 Å². The van der Waals surface area contributed by atoms with Crippen molar-refractivity contribution in [2.24, 2.45) is 0 Å². The van der Waals surface area contributed by atoms with E-state index in [-0.39, 0.29) is 6.10 Å². The van der Waals surface area contributed by atoms with Gasteiger partial charge in [0.2, 0.25) is 0 Å². The highest BCUT2D eigenvalue weighted by atomic mass is 28.4. The molecule has 0 aromatic rings. The van der Waals surface area contributed by atoms with E-state index in [4.69, 9.17) is 4.43 Å². The van der Waals surface area contributed by atoms with Crippen LogP contribution in [0, 0.1) is 0 Å². The fourth-order valence-electron chi connectivity index (χ4n) is 1.42. The maximum absolute atomic E-state index is 10.4. The summed E-state index contributed by atoms with van der Waals surface area (Å²) in [7, 11) is -1.53. The van der Waals surface area contributed by atoms with Crippen molar-refractivity contribution in [1.29, 1.82) is 0 Å². The summed E-state index contributed by atoms with van der Waals surface area (Å²) in [5.74, 6) is 0. The van der Waals surface area contributed by atoms with Crippen LogP contribution in [0.5, 0.6) is 0 Å². The Bertz CT molecular complexity index is 124. The normalized spacial score (nSPS) is 14.3. The van der Waals surface area contributed by atoms with Crippen molar-refractivity contribution < 1.29 is 9.22 Å². The molecule has 0 aromatic carbocycles. The number of carbonyl (C=O) groups excluding carboxylic acids is 1. The Morgan fingerprint density at radius 3 is 1.92 bits per heavy atom. The molecule has 0 saturated heterocycles. The molecule has 72 valence electrons. The summed E-state index contributed by atoms with van der Waals surface area (Å²) in [6.45, 7) is 8.32. The monoisotopic (exact) mass is 188 g/mol. The minimum absolute atomic E-state index is 0.212. The fraction of sp³-hybridized carbons (Fsp3) is 0.889. The van der Waals surface area contributed by atoms with E-state index >= 15 is 0 Å². The quantitative estimate of drug-likeness (QED) is 0.473. The zero-order valence-corrected chi connectivity index (χ0v) is 9.59. The summed E-state index contributed by atoms with van der Waals surface area (Å²) in [4.78, 5) is 10.4. The molecule has 2 nitrogen and oxygen atoms in total. The molecule has 1 atom stereocenters. The first-order chi connectivity index (χ1) is 5.64. The van der Waals surface area contributed by atoms with E-state index in [0.29, 0.717) is 0 Å². The fourth-order valence-corrected chi connectivity index (χ4v) is 4.27. The second kappa shape index (κ2) is 5.49. The summed E-state index contributed by atoms with van der Waals surface area (Å²) >= 11 is 0. The van der Waals surface area contributed by atoms with Crippen LogP contribution in [0.3, 0.4) is 0 Å². The van der Waals surface area contributed by atoms with E-state index < -0.39 is 8.32 Å². The van der Waals surface area contributed by atoms with Crippen molar-refractivity contribution in [3.8, 4) is 0 Å². The van der Waals surface area contributed by atoms with E-state index in [0.717, 1.165) is 24.4 Å². The molecule has 0 aliphatic rings. The van der Waals surface area contributed by atoms with E-state index in [9.17, 15) is 4.79 Å². The highest BCUT2D eigenvalue weighted by molar-refractivity contribution is 6.73. The molecule has 0 bridgehead atoms. The van der Waals surface area contributed by atoms with E-state index in [1.54, 1.807) is 0 Å². The third-order valence-electron chi connectivity index (χ3n) is 2.56. The third-order valence-corrected chi connectivity index (χ3v) is 7.30. The smallest absolute Gasteiger partial charge is 0.193 e. The van der Waals surface area contributed by atoms with Crippen molar-refractivity contribution in [3.63, 3.8) is 0 Å². The summed E-state index contributed by atoms with van der Waals surface area (Å²) < 4.78 is 5.81. The van der Waals surface area contributed by atoms with Gasteiger partial charge in [0.1, 0.15) is 6.29 Å². The molecule has 0 fully saturated rings. The first kappa shape index (κ1) is 11.8. The largest absolute Gasteiger partial charge is 0.408 e. The van der Waals surface area contributed by atoms with Crippen molar-refractivity contribution >= 4 is 14.6 Å². The molecule has 3 heteroatoms. The molecular weight excluding hydrogens is 168 g/mol. The predicted octanol–water partition coefficient (Wildman–Crippen LogP) is 2.60. The molecule has 0 radical (unpaired) electrons.